The second-order valence-electron chi connectivity index (χ2n) is 4.92. The van der Waals surface area contributed by atoms with Gasteiger partial charge in [-0.1, -0.05) is 0 Å². The van der Waals surface area contributed by atoms with E-state index in [-0.39, 0.29) is 23.2 Å². The highest BCUT2D eigenvalue weighted by Gasteiger charge is 2.33. The number of aliphatic carboxylic acids is 1. The number of carbonyl (C=O) groups excluding carboxylic acids is 1. The summed E-state index contributed by atoms with van der Waals surface area (Å²) in [5.41, 5.74) is 0.841. The van der Waals surface area contributed by atoms with Gasteiger partial charge in [0, 0.05) is 24.9 Å². The number of amides is 1. The number of hydrogen-bond donors (Lipinski definition) is 2. The van der Waals surface area contributed by atoms with Crippen LogP contribution in [-0.4, -0.2) is 48.8 Å². The molecule has 1 amide bonds. The molecular formula is C13H20N2O5S2. The second kappa shape index (κ2) is 7.21. The van der Waals surface area contributed by atoms with Crippen molar-refractivity contribution in [2.24, 2.45) is 0 Å². The molecule has 1 unspecified atom stereocenters. The summed E-state index contributed by atoms with van der Waals surface area (Å²) in [6.07, 6.45) is 0. The first kappa shape index (κ1) is 18.6. The van der Waals surface area contributed by atoms with Crippen molar-refractivity contribution in [1.82, 2.24) is 9.62 Å². The summed E-state index contributed by atoms with van der Waals surface area (Å²) in [5, 5.41) is 11.6. The molecule has 7 nitrogen and oxygen atoms in total. The zero-order valence-electron chi connectivity index (χ0n) is 12.9. The zero-order chi connectivity index (χ0) is 17.1. The van der Waals surface area contributed by atoms with Crippen molar-refractivity contribution in [3.63, 3.8) is 0 Å². The Balaban J connectivity index is 3.12. The van der Waals surface area contributed by atoms with Crippen LogP contribution in [0.2, 0.25) is 0 Å². The maximum absolute atomic E-state index is 12.7. The molecule has 1 rings (SSSR count). The van der Waals surface area contributed by atoms with Gasteiger partial charge in [0.25, 0.3) is 10.0 Å². The van der Waals surface area contributed by atoms with E-state index in [0.717, 1.165) is 26.1 Å². The molecule has 0 spiro atoms. The van der Waals surface area contributed by atoms with Crippen molar-refractivity contribution in [2.75, 3.05) is 13.1 Å². The fourth-order valence-corrected chi connectivity index (χ4v) is 5.01. The van der Waals surface area contributed by atoms with E-state index >= 15 is 0 Å². The van der Waals surface area contributed by atoms with Gasteiger partial charge >= 0.3 is 5.97 Å². The summed E-state index contributed by atoms with van der Waals surface area (Å²) in [6, 6.07) is 0.316. The Bertz CT molecular complexity index is 646. The lowest BCUT2D eigenvalue weighted by molar-refractivity contribution is -0.140. The van der Waals surface area contributed by atoms with Gasteiger partial charge in [-0.25, -0.2) is 8.42 Å². The highest BCUT2D eigenvalue weighted by molar-refractivity contribution is 7.91. The van der Waals surface area contributed by atoms with Crippen molar-refractivity contribution in [3.05, 3.63) is 16.5 Å². The predicted molar refractivity (Wildman–Crippen MR) is 83.5 cm³/mol. The Morgan fingerprint density at radius 2 is 2.00 bits per heavy atom. The first-order chi connectivity index (χ1) is 10.1. The first-order valence-electron chi connectivity index (χ1n) is 6.63. The summed E-state index contributed by atoms with van der Waals surface area (Å²) in [4.78, 5) is 23.0. The molecule has 1 aromatic rings. The third-order valence-electron chi connectivity index (χ3n) is 3.20. The lowest BCUT2D eigenvalue weighted by atomic mass is 10.3. The van der Waals surface area contributed by atoms with Crippen molar-refractivity contribution >= 4 is 33.2 Å². The second-order valence-corrected chi connectivity index (χ2v) is 8.29. The van der Waals surface area contributed by atoms with E-state index in [1.54, 1.807) is 13.8 Å². The van der Waals surface area contributed by atoms with Gasteiger partial charge in [0.2, 0.25) is 5.91 Å². The molecule has 0 saturated heterocycles. The molecule has 0 bridgehead atoms. The Labute approximate surface area is 134 Å². The zero-order valence-corrected chi connectivity index (χ0v) is 14.5. The molecular weight excluding hydrogens is 328 g/mol. The highest BCUT2D eigenvalue weighted by Crippen LogP contribution is 2.28. The van der Waals surface area contributed by atoms with Crippen LogP contribution in [-0.2, 0) is 19.6 Å². The Kier molecular flexibility index (Phi) is 6.09. The number of hydrogen-bond acceptors (Lipinski definition) is 5. The molecule has 124 valence electrons. The van der Waals surface area contributed by atoms with E-state index in [1.807, 2.05) is 0 Å². The number of rotatable bonds is 7. The molecule has 0 aromatic carbocycles. The topological polar surface area (TPSA) is 104 Å². The molecule has 1 heterocycles. The Morgan fingerprint density at radius 1 is 1.41 bits per heavy atom. The SMILES string of the molecule is CC(=O)NCCN(C(C)C(=O)O)S(=O)(=O)c1cc(C)c(C)s1. The van der Waals surface area contributed by atoms with Crippen LogP contribution in [0.5, 0.6) is 0 Å². The van der Waals surface area contributed by atoms with E-state index in [9.17, 15) is 18.0 Å². The van der Waals surface area contributed by atoms with Crippen LogP contribution in [0.15, 0.2) is 10.3 Å². The maximum Gasteiger partial charge on any atom is 0.321 e. The molecule has 1 aromatic heterocycles. The third-order valence-corrected chi connectivity index (χ3v) is 6.77. The molecule has 22 heavy (non-hydrogen) atoms. The average Bonchev–Trinajstić information content (AvgIpc) is 2.74. The standard InChI is InChI=1S/C13H20N2O5S2/c1-8-7-12(21-10(8)3)22(19,20)15(9(2)13(17)18)6-5-14-11(4)16/h7,9H,5-6H2,1-4H3,(H,14,16)(H,17,18). The van der Waals surface area contributed by atoms with Crippen molar-refractivity contribution in [3.8, 4) is 0 Å². The average molecular weight is 348 g/mol. The van der Waals surface area contributed by atoms with Crippen LogP contribution < -0.4 is 5.32 Å². The molecule has 0 aliphatic rings. The van der Waals surface area contributed by atoms with Crippen LogP contribution in [0.25, 0.3) is 0 Å². The third kappa shape index (κ3) is 4.28. The quantitative estimate of drug-likeness (QED) is 0.764. The van der Waals surface area contributed by atoms with E-state index < -0.39 is 22.0 Å². The summed E-state index contributed by atoms with van der Waals surface area (Å²) < 4.78 is 26.4. The van der Waals surface area contributed by atoms with Gasteiger partial charge in [0.1, 0.15) is 10.3 Å². The van der Waals surface area contributed by atoms with Gasteiger partial charge in [-0.2, -0.15) is 4.31 Å². The number of carboxylic acids is 1. The van der Waals surface area contributed by atoms with Gasteiger partial charge < -0.3 is 10.4 Å². The fraction of sp³-hybridized carbons (Fsp3) is 0.538. The molecule has 0 fully saturated rings. The molecule has 1 atom stereocenters. The van der Waals surface area contributed by atoms with Crippen LogP contribution in [0.1, 0.15) is 24.3 Å². The lowest BCUT2D eigenvalue weighted by Gasteiger charge is -2.25. The van der Waals surface area contributed by atoms with E-state index in [0.29, 0.717) is 0 Å². The number of carboxylic acid groups (broad SMARTS) is 1. The minimum absolute atomic E-state index is 0.0511. The lowest BCUT2D eigenvalue weighted by Crippen LogP contribution is -2.46. The largest absolute Gasteiger partial charge is 0.480 e. The molecule has 0 radical (unpaired) electrons. The number of carbonyl (C=O) groups is 2. The van der Waals surface area contributed by atoms with Gasteiger partial charge in [-0.05, 0) is 32.4 Å². The summed E-state index contributed by atoms with van der Waals surface area (Å²) in [7, 11) is -3.93. The van der Waals surface area contributed by atoms with Crippen LogP contribution in [0.3, 0.4) is 0 Å². The monoisotopic (exact) mass is 348 g/mol. The van der Waals surface area contributed by atoms with Crippen LogP contribution in [0.4, 0.5) is 0 Å². The molecule has 0 aliphatic heterocycles. The van der Waals surface area contributed by atoms with Crippen molar-refractivity contribution in [2.45, 2.75) is 37.9 Å². The summed E-state index contributed by atoms with van der Waals surface area (Å²) >= 11 is 1.11. The molecule has 9 heteroatoms. The van der Waals surface area contributed by atoms with Gasteiger partial charge in [0.05, 0.1) is 0 Å². The minimum atomic E-state index is -3.93. The van der Waals surface area contributed by atoms with Gasteiger partial charge in [-0.3, -0.25) is 9.59 Å². The molecule has 2 N–H and O–H groups in total. The predicted octanol–water partition coefficient (Wildman–Crippen LogP) is 0.965. The number of thiophene rings is 1. The Hall–Kier alpha value is -1.45. The van der Waals surface area contributed by atoms with Crippen LogP contribution >= 0.6 is 11.3 Å². The highest BCUT2D eigenvalue weighted by atomic mass is 32.2. The summed E-state index contributed by atoms with van der Waals surface area (Å²) in [5.74, 6) is -1.54. The van der Waals surface area contributed by atoms with Crippen molar-refractivity contribution in [1.29, 1.82) is 0 Å². The summed E-state index contributed by atoms with van der Waals surface area (Å²) in [6.45, 7) is 6.17. The van der Waals surface area contributed by atoms with Crippen LogP contribution in [0, 0.1) is 13.8 Å². The molecule has 0 aliphatic carbocycles. The Morgan fingerprint density at radius 3 is 2.41 bits per heavy atom. The maximum atomic E-state index is 12.7. The number of sulfonamides is 1. The van der Waals surface area contributed by atoms with E-state index in [2.05, 4.69) is 5.32 Å². The number of nitrogens with zero attached hydrogens (tertiary/aromatic N) is 1. The van der Waals surface area contributed by atoms with Gasteiger partial charge in [-0.15, -0.1) is 11.3 Å². The first-order valence-corrected chi connectivity index (χ1v) is 8.89. The van der Waals surface area contributed by atoms with Gasteiger partial charge in [0.15, 0.2) is 0 Å². The number of aryl methyl sites for hydroxylation is 2. The normalized spacial score (nSPS) is 13.1. The van der Waals surface area contributed by atoms with E-state index in [1.165, 1.54) is 19.9 Å². The fourth-order valence-electron chi connectivity index (χ4n) is 1.77. The molecule has 0 saturated carbocycles. The van der Waals surface area contributed by atoms with E-state index in [4.69, 9.17) is 5.11 Å². The smallest absolute Gasteiger partial charge is 0.321 e. The van der Waals surface area contributed by atoms with Crippen molar-refractivity contribution < 1.29 is 23.1 Å². The minimum Gasteiger partial charge on any atom is -0.480 e. The number of nitrogens with one attached hydrogen (secondary N) is 1.